The average molecular weight is 274 g/mol. The first-order chi connectivity index (χ1) is 8.06. The molecule has 0 bridgehead atoms. The van der Waals surface area contributed by atoms with Crippen LogP contribution in [0.5, 0.6) is 0 Å². The number of nitrogens with two attached hydrogens (primary N) is 1. The first kappa shape index (κ1) is 12.4. The Labute approximate surface area is 108 Å². The van der Waals surface area contributed by atoms with Crippen LogP contribution in [-0.4, -0.2) is 0 Å². The lowest BCUT2D eigenvalue weighted by atomic mass is 10.0. The summed E-state index contributed by atoms with van der Waals surface area (Å²) in [6.45, 7) is 0. The molecule has 0 spiro atoms. The van der Waals surface area contributed by atoms with Crippen LogP contribution in [0.3, 0.4) is 0 Å². The quantitative estimate of drug-likeness (QED) is 0.919. The van der Waals surface area contributed by atoms with E-state index in [2.05, 4.69) is 0 Å². The van der Waals surface area contributed by atoms with Crippen molar-refractivity contribution in [3.05, 3.63) is 57.7 Å². The van der Waals surface area contributed by atoms with Gasteiger partial charge in [-0.3, -0.25) is 0 Å². The second-order valence-electron chi connectivity index (χ2n) is 3.69. The molecule has 2 nitrogen and oxygen atoms in total. The van der Waals surface area contributed by atoms with Crippen LogP contribution < -0.4 is 5.73 Å². The summed E-state index contributed by atoms with van der Waals surface area (Å²) in [4.78, 5) is 0. The molecule has 0 saturated carbocycles. The van der Waals surface area contributed by atoms with Crippen molar-refractivity contribution in [2.45, 2.75) is 12.5 Å². The van der Waals surface area contributed by atoms with Crippen molar-refractivity contribution in [2.75, 3.05) is 0 Å². The third-order valence-electron chi connectivity index (χ3n) is 2.41. The van der Waals surface area contributed by atoms with Crippen molar-refractivity contribution in [3.63, 3.8) is 0 Å². The van der Waals surface area contributed by atoms with Crippen LogP contribution in [0.1, 0.15) is 17.4 Å². The van der Waals surface area contributed by atoms with Crippen LogP contribution in [0, 0.1) is 5.82 Å². The fourth-order valence-corrected chi connectivity index (χ4v) is 1.91. The second kappa shape index (κ2) is 5.08. The highest BCUT2D eigenvalue weighted by Crippen LogP contribution is 2.25. The van der Waals surface area contributed by atoms with Crippen molar-refractivity contribution in [1.29, 1.82) is 0 Å². The Hall–Kier alpha value is -1.03. The van der Waals surface area contributed by atoms with Gasteiger partial charge < -0.3 is 10.2 Å². The van der Waals surface area contributed by atoms with Gasteiger partial charge in [-0.05, 0) is 53.9 Å². The molecule has 2 rings (SSSR count). The normalized spacial score (nSPS) is 12.7. The van der Waals surface area contributed by atoms with Gasteiger partial charge in [0, 0.05) is 5.02 Å². The fraction of sp³-hybridized carbons (Fsp3) is 0.167. The summed E-state index contributed by atoms with van der Waals surface area (Å²) < 4.78 is 18.3. The third kappa shape index (κ3) is 3.00. The first-order valence-electron chi connectivity index (χ1n) is 5.01. The van der Waals surface area contributed by atoms with Gasteiger partial charge in [0.1, 0.15) is 11.6 Å². The molecule has 1 aromatic carbocycles. The molecule has 17 heavy (non-hydrogen) atoms. The van der Waals surface area contributed by atoms with E-state index >= 15 is 0 Å². The molecule has 0 fully saturated rings. The summed E-state index contributed by atoms with van der Waals surface area (Å²) in [5.74, 6) is 0.212. The summed E-state index contributed by atoms with van der Waals surface area (Å²) >= 11 is 11.6. The largest absolute Gasteiger partial charge is 0.448 e. The summed E-state index contributed by atoms with van der Waals surface area (Å²) in [5.41, 5.74) is 6.57. The predicted molar refractivity (Wildman–Crippen MR) is 65.8 cm³/mol. The molecule has 1 atom stereocenters. The van der Waals surface area contributed by atoms with Crippen LogP contribution >= 0.6 is 23.2 Å². The van der Waals surface area contributed by atoms with Crippen LogP contribution in [0.15, 0.2) is 34.7 Å². The maximum absolute atomic E-state index is 13.1. The zero-order valence-electron chi connectivity index (χ0n) is 8.79. The van der Waals surface area contributed by atoms with Crippen LogP contribution in [0.25, 0.3) is 0 Å². The molecule has 0 amide bonds. The third-order valence-corrected chi connectivity index (χ3v) is 2.98. The Bertz CT molecular complexity index is 527. The number of hydrogen-bond donors (Lipinski definition) is 1. The summed E-state index contributed by atoms with van der Waals surface area (Å²) in [7, 11) is 0. The van der Waals surface area contributed by atoms with Crippen molar-refractivity contribution in [3.8, 4) is 0 Å². The van der Waals surface area contributed by atoms with E-state index in [0.717, 1.165) is 0 Å². The van der Waals surface area contributed by atoms with E-state index in [1.54, 1.807) is 12.1 Å². The standard InChI is InChI=1S/C12H10Cl2FNO/c13-9-2-1-8(15)5-7(9)6-10(16)11-3-4-12(14)17-11/h1-5,10H,6,16H2. The molecule has 2 aromatic rings. The number of hydrogen-bond acceptors (Lipinski definition) is 2. The smallest absolute Gasteiger partial charge is 0.193 e. The van der Waals surface area contributed by atoms with Crippen LogP contribution in [0.4, 0.5) is 4.39 Å². The molecule has 2 N–H and O–H groups in total. The highest BCUT2D eigenvalue weighted by molar-refractivity contribution is 6.31. The van der Waals surface area contributed by atoms with E-state index in [0.29, 0.717) is 22.8 Å². The van der Waals surface area contributed by atoms with Crippen molar-refractivity contribution in [2.24, 2.45) is 5.73 Å². The van der Waals surface area contributed by atoms with Gasteiger partial charge in [-0.2, -0.15) is 0 Å². The Morgan fingerprint density at radius 2 is 2.00 bits per heavy atom. The Balaban J connectivity index is 2.18. The molecule has 1 aromatic heterocycles. The number of furan rings is 1. The van der Waals surface area contributed by atoms with Gasteiger partial charge in [0.05, 0.1) is 6.04 Å². The van der Waals surface area contributed by atoms with Crippen molar-refractivity contribution < 1.29 is 8.81 Å². The monoisotopic (exact) mass is 273 g/mol. The number of benzene rings is 1. The van der Waals surface area contributed by atoms with Crippen molar-refractivity contribution >= 4 is 23.2 Å². The van der Waals surface area contributed by atoms with Crippen molar-refractivity contribution in [1.82, 2.24) is 0 Å². The molecule has 0 aliphatic carbocycles. The Kier molecular flexibility index (Phi) is 3.72. The summed E-state index contributed by atoms with van der Waals surface area (Å²) in [6, 6.07) is 7.09. The van der Waals surface area contributed by atoms with Gasteiger partial charge in [-0.15, -0.1) is 0 Å². The van der Waals surface area contributed by atoms with E-state index in [9.17, 15) is 4.39 Å². The lowest BCUT2D eigenvalue weighted by Crippen LogP contribution is -2.12. The fourth-order valence-electron chi connectivity index (χ4n) is 1.56. The average Bonchev–Trinajstić information content (AvgIpc) is 2.70. The minimum absolute atomic E-state index is 0.279. The van der Waals surface area contributed by atoms with Gasteiger partial charge in [-0.25, -0.2) is 4.39 Å². The topological polar surface area (TPSA) is 39.2 Å². The first-order valence-corrected chi connectivity index (χ1v) is 5.76. The van der Waals surface area contributed by atoms with E-state index in [1.165, 1.54) is 18.2 Å². The molecule has 5 heteroatoms. The highest BCUT2D eigenvalue weighted by atomic mass is 35.5. The maximum Gasteiger partial charge on any atom is 0.193 e. The molecule has 0 radical (unpaired) electrons. The van der Waals surface area contributed by atoms with E-state index in [4.69, 9.17) is 33.4 Å². The van der Waals surface area contributed by atoms with Crippen LogP contribution in [0.2, 0.25) is 10.2 Å². The van der Waals surface area contributed by atoms with Gasteiger partial charge >= 0.3 is 0 Å². The molecule has 0 saturated heterocycles. The lowest BCUT2D eigenvalue weighted by molar-refractivity contribution is 0.465. The van der Waals surface area contributed by atoms with E-state index < -0.39 is 6.04 Å². The number of rotatable bonds is 3. The minimum atomic E-state index is -0.401. The predicted octanol–water partition coefficient (Wildman–Crippen LogP) is 3.97. The SMILES string of the molecule is NC(Cc1cc(F)ccc1Cl)c1ccc(Cl)o1. The summed E-state index contributed by atoms with van der Waals surface area (Å²) in [5, 5.41) is 0.764. The van der Waals surface area contributed by atoms with Gasteiger partial charge in [0.2, 0.25) is 0 Å². The van der Waals surface area contributed by atoms with Gasteiger partial charge in [-0.1, -0.05) is 11.6 Å². The zero-order chi connectivity index (χ0) is 12.4. The molecule has 0 aliphatic heterocycles. The molecule has 1 unspecified atom stereocenters. The molecule has 90 valence electrons. The zero-order valence-corrected chi connectivity index (χ0v) is 10.3. The number of halogens is 3. The molecular formula is C12H10Cl2FNO. The van der Waals surface area contributed by atoms with Gasteiger partial charge in [0.15, 0.2) is 5.22 Å². The highest BCUT2D eigenvalue weighted by Gasteiger charge is 2.13. The lowest BCUT2D eigenvalue weighted by Gasteiger charge is -2.10. The minimum Gasteiger partial charge on any atom is -0.448 e. The van der Waals surface area contributed by atoms with Gasteiger partial charge in [0.25, 0.3) is 0 Å². The second-order valence-corrected chi connectivity index (χ2v) is 4.47. The Morgan fingerprint density at radius 3 is 2.65 bits per heavy atom. The van der Waals surface area contributed by atoms with Crippen LogP contribution in [-0.2, 0) is 6.42 Å². The maximum atomic E-state index is 13.1. The van der Waals surface area contributed by atoms with E-state index in [1.807, 2.05) is 0 Å². The van der Waals surface area contributed by atoms with E-state index in [-0.39, 0.29) is 11.0 Å². The molecular weight excluding hydrogens is 264 g/mol. The Morgan fingerprint density at radius 1 is 1.24 bits per heavy atom. The summed E-state index contributed by atoms with van der Waals surface area (Å²) in [6.07, 6.45) is 0.389. The molecule has 1 heterocycles. The molecule has 0 aliphatic rings.